The molecule has 0 saturated carbocycles. The van der Waals surface area contributed by atoms with E-state index in [4.69, 9.17) is 9.72 Å². The third kappa shape index (κ3) is 6.80. The molecule has 0 bridgehead atoms. The van der Waals surface area contributed by atoms with Crippen LogP contribution in [-0.2, 0) is 14.3 Å². The number of anilines is 1. The van der Waals surface area contributed by atoms with Gasteiger partial charge in [0.2, 0.25) is 11.8 Å². The van der Waals surface area contributed by atoms with Crippen LogP contribution in [0.2, 0.25) is 0 Å². The molecule has 2 amide bonds. The normalized spacial score (nSPS) is 14.1. The molecule has 1 aliphatic heterocycles. The van der Waals surface area contributed by atoms with Crippen molar-refractivity contribution in [3.8, 4) is 28.5 Å². The molecule has 1 aliphatic rings. The van der Waals surface area contributed by atoms with Crippen LogP contribution >= 0.6 is 11.8 Å². The Morgan fingerprint density at radius 3 is 2.12 bits per heavy atom. The van der Waals surface area contributed by atoms with Gasteiger partial charge in [-0.1, -0.05) is 102 Å². The van der Waals surface area contributed by atoms with E-state index in [1.807, 2.05) is 74.5 Å². The fourth-order valence-corrected chi connectivity index (χ4v) is 6.44. The molecule has 236 valence electrons. The molecule has 1 unspecified atom stereocenters. The zero-order valence-corrected chi connectivity index (χ0v) is 27.0. The Hall–Kier alpha value is -5.85. The Morgan fingerprint density at radius 1 is 0.854 bits per heavy atom. The van der Waals surface area contributed by atoms with Gasteiger partial charge in [0.25, 0.3) is 0 Å². The van der Waals surface area contributed by atoms with Crippen molar-refractivity contribution in [2.45, 2.75) is 30.5 Å². The van der Waals surface area contributed by atoms with E-state index in [-0.39, 0.29) is 17.8 Å². The lowest BCUT2D eigenvalue weighted by Gasteiger charge is -2.16. The van der Waals surface area contributed by atoms with Gasteiger partial charge in [-0.3, -0.25) is 14.4 Å². The van der Waals surface area contributed by atoms with Gasteiger partial charge in [0.1, 0.15) is 11.1 Å². The standard InChI is InChI=1S/C39H29N3O5S/c1-24-8-12-26(13-9-24)31-20-33(27-6-4-3-5-7-27)41-37(32(31)22-40)48-35-21-36(44)42(38(35)45)30-18-16-29(17-19-30)39(46)47-23-34(43)28-14-10-25(2)11-15-28/h3-20,35H,21,23H2,1-2H3. The highest BCUT2D eigenvalue weighted by molar-refractivity contribution is 8.00. The first-order valence-electron chi connectivity index (χ1n) is 15.2. The Balaban J connectivity index is 1.21. The number of nitrogens with zero attached hydrogens (tertiary/aromatic N) is 3. The second kappa shape index (κ2) is 13.9. The summed E-state index contributed by atoms with van der Waals surface area (Å²) >= 11 is 1.10. The van der Waals surface area contributed by atoms with Crippen LogP contribution in [0.15, 0.2) is 114 Å². The number of ether oxygens (including phenoxy) is 1. The van der Waals surface area contributed by atoms with Crippen molar-refractivity contribution >= 4 is 41.0 Å². The van der Waals surface area contributed by atoms with Gasteiger partial charge in [0, 0.05) is 23.1 Å². The summed E-state index contributed by atoms with van der Waals surface area (Å²) in [6.07, 6.45) is -0.0869. The number of rotatable bonds is 9. The van der Waals surface area contributed by atoms with Crippen molar-refractivity contribution in [2.24, 2.45) is 0 Å². The molecule has 0 aliphatic carbocycles. The number of pyridine rings is 1. The minimum Gasteiger partial charge on any atom is -0.454 e. The zero-order chi connectivity index (χ0) is 33.8. The molecular formula is C39H29N3O5S. The number of nitriles is 1. The molecule has 1 atom stereocenters. The van der Waals surface area contributed by atoms with Gasteiger partial charge >= 0.3 is 5.97 Å². The summed E-state index contributed by atoms with van der Waals surface area (Å²) in [7, 11) is 0. The molecule has 48 heavy (non-hydrogen) atoms. The summed E-state index contributed by atoms with van der Waals surface area (Å²) in [5, 5.41) is 9.83. The number of esters is 1. The molecule has 6 rings (SSSR count). The third-order valence-corrected chi connectivity index (χ3v) is 9.13. The number of hydrogen-bond donors (Lipinski definition) is 0. The lowest BCUT2D eigenvalue weighted by Crippen LogP contribution is -2.31. The summed E-state index contributed by atoms with van der Waals surface area (Å²) in [6.45, 7) is 3.48. The molecule has 0 N–H and O–H groups in total. The monoisotopic (exact) mass is 651 g/mol. The van der Waals surface area contributed by atoms with Crippen molar-refractivity contribution in [1.29, 1.82) is 5.26 Å². The van der Waals surface area contributed by atoms with Gasteiger partial charge in [0.05, 0.1) is 27.8 Å². The first-order chi connectivity index (χ1) is 23.2. The van der Waals surface area contributed by atoms with Crippen LogP contribution in [0.1, 0.15) is 43.8 Å². The predicted molar refractivity (Wildman–Crippen MR) is 184 cm³/mol. The molecular weight excluding hydrogens is 623 g/mol. The van der Waals surface area contributed by atoms with Gasteiger partial charge in [0.15, 0.2) is 12.4 Å². The SMILES string of the molecule is Cc1ccc(C(=O)COC(=O)c2ccc(N3C(=O)CC(Sc4nc(-c5ccccc5)cc(-c5ccc(C)cc5)c4C#N)C3=O)cc2)cc1. The summed E-state index contributed by atoms with van der Waals surface area (Å²) in [5.41, 5.74) is 6.35. The van der Waals surface area contributed by atoms with Crippen molar-refractivity contribution in [2.75, 3.05) is 11.5 Å². The maximum absolute atomic E-state index is 13.7. The molecule has 1 aromatic heterocycles. The molecule has 0 radical (unpaired) electrons. The van der Waals surface area contributed by atoms with Crippen LogP contribution in [0.25, 0.3) is 22.4 Å². The first-order valence-corrected chi connectivity index (χ1v) is 16.1. The van der Waals surface area contributed by atoms with E-state index in [0.717, 1.165) is 38.9 Å². The lowest BCUT2D eigenvalue weighted by atomic mass is 9.98. The summed E-state index contributed by atoms with van der Waals surface area (Å²) in [6, 6.07) is 34.4. The topological polar surface area (TPSA) is 117 Å². The number of benzene rings is 4. The molecule has 5 aromatic rings. The zero-order valence-electron chi connectivity index (χ0n) is 26.2. The average molecular weight is 652 g/mol. The van der Waals surface area contributed by atoms with E-state index >= 15 is 0 Å². The second-order valence-electron chi connectivity index (χ2n) is 11.4. The molecule has 1 fully saturated rings. The maximum Gasteiger partial charge on any atom is 0.338 e. The Bertz CT molecular complexity index is 2070. The van der Waals surface area contributed by atoms with Crippen molar-refractivity contribution in [1.82, 2.24) is 4.98 Å². The highest BCUT2D eigenvalue weighted by Gasteiger charge is 2.41. The Kier molecular flexibility index (Phi) is 9.28. The van der Waals surface area contributed by atoms with Gasteiger partial charge in [-0.15, -0.1) is 0 Å². The molecule has 0 spiro atoms. The van der Waals surface area contributed by atoms with Crippen LogP contribution in [0, 0.1) is 25.2 Å². The van der Waals surface area contributed by atoms with Crippen LogP contribution in [0.5, 0.6) is 0 Å². The Labute approximate surface area is 282 Å². The van der Waals surface area contributed by atoms with E-state index in [1.165, 1.54) is 24.3 Å². The van der Waals surface area contributed by atoms with E-state index in [0.29, 0.717) is 33.1 Å². The van der Waals surface area contributed by atoms with E-state index in [2.05, 4.69) is 6.07 Å². The van der Waals surface area contributed by atoms with E-state index < -0.39 is 29.6 Å². The van der Waals surface area contributed by atoms with Gasteiger partial charge in [-0.2, -0.15) is 5.26 Å². The number of hydrogen-bond acceptors (Lipinski definition) is 8. The largest absolute Gasteiger partial charge is 0.454 e. The molecule has 1 saturated heterocycles. The number of carbonyl (C=O) groups excluding carboxylic acids is 4. The number of carbonyl (C=O) groups is 4. The second-order valence-corrected chi connectivity index (χ2v) is 12.6. The number of aryl methyl sites for hydroxylation is 2. The molecule has 2 heterocycles. The molecule has 8 nitrogen and oxygen atoms in total. The smallest absolute Gasteiger partial charge is 0.338 e. The number of amides is 2. The fraction of sp³-hybridized carbons (Fsp3) is 0.128. The molecule has 4 aromatic carbocycles. The third-order valence-electron chi connectivity index (χ3n) is 7.96. The maximum atomic E-state index is 13.7. The number of Topliss-reactive ketones (excluding diaryl/α,β-unsaturated/α-hetero) is 1. The van der Waals surface area contributed by atoms with Crippen molar-refractivity contribution < 1.29 is 23.9 Å². The first kappa shape index (κ1) is 32.1. The summed E-state index contributed by atoms with van der Waals surface area (Å²) < 4.78 is 5.20. The Morgan fingerprint density at radius 2 is 1.48 bits per heavy atom. The van der Waals surface area contributed by atoms with Crippen molar-refractivity contribution in [3.63, 3.8) is 0 Å². The van der Waals surface area contributed by atoms with Gasteiger partial charge in [-0.05, 0) is 49.7 Å². The number of aromatic nitrogens is 1. The minimum absolute atomic E-state index is 0.0869. The van der Waals surface area contributed by atoms with Crippen LogP contribution in [0.3, 0.4) is 0 Å². The van der Waals surface area contributed by atoms with Crippen molar-refractivity contribution in [3.05, 3.63) is 137 Å². The fourth-order valence-electron chi connectivity index (χ4n) is 5.32. The average Bonchev–Trinajstić information content (AvgIpc) is 3.39. The lowest BCUT2D eigenvalue weighted by molar-refractivity contribution is -0.121. The number of imide groups is 1. The van der Waals surface area contributed by atoms with Crippen LogP contribution < -0.4 is 4.90 Å². The van der Waals surface area contributed by atoms with Gasteiger partial charge in [-0.25, -0.2) is 14.7 Å². The summed E-state index contributed by atoms with van der Waals surface area (Å²) in [5.74, 6) is -1.89. The van der Waals surface area contributed by atoms with Gasteiger partial charge < -0.3 is 4.74 Å². The minimum atomic E-state index is -0.814. The number of ketones is 1. The molecule has 9 heteroatoms. The van der Waals surface area contributed by atoms with E-state index in [1.54, 1.807) is 24.3 Å². The van der Waals surface area contributed by atoms with Crippen LogP contribution in [-0.4, -0.2) is 40.4 Å². The number of thioether (sulfide) groups is 1. The van der Waals surface area contributed by atoms with E-state index in [9.17, 15) is 24.4 Å². The predicted octanol–water partition coefficient (Wildman–Crippen LogP) is 7.37. The highest BCUT2D eigenvalue weighted by atomic mass is 32.2. The highest BCUT2D eigenvalue weighted by Crippen LogP contribution is 2.39. The van der Waals surface area contributed by atoms with Crippen LogP contribution in [0.4, 0.5) is 5.69 Å². The summed E-state index contributed by atoms with van der Waals surface area (Å²) in [4.78, 5) is 57.8. The quantitative estimate of drug-likeness (QED) is 0.0922.